The Bertz CT molecular complexity index is 785. The quantitative estimate of drug-likeness (QED) is 0.700. The zero-order chi connectivity index (χ0) is 22.0. The van der Waals surface area contributed by atoms with E-state index in [4.69, 9.17) is 4.74 Å². The van der Waals surface area contributed by atoms with Gasteiger partial charge in [-0.2, -0.15) is 0 Å². The van der Waals surface area contributed by atoms with Crippen molar-refractivity contribution in [3.05, 3.63) is 35.9 Å². The minimum atomic E-state index is -0.687. The molecule has 8 heteroatoms. The highest BCUT2D eigenvalue weighted by atomic mass is 16.6. The number of likely N-dealkylation sites (tertiary alicyclic amines) is 1. The van der Waals surface area contributed by atoms with Gasteiger partial charge in [-0.1, -0.05) is 30.3 Å². The zero-order valence-corrected chi connectivity index (χ0v) is 18.2. The summed E-state index contributed by atoms with van der Waals surface area (Å²) in [6, 6.07) is 8.80. The molecule has 1 aliphatic carbocycles. The number of aliphatic hydroxyl groups is 2. The summed E-state index contributed by atoms with van der Waals surface area (Å²) in [5, 5.41) is 20.9. The largest absolute Gasteiger partial charge is 0.445 e. The number of amides is 2. The molecule has 3 aliphatic rings. The average Bonchev–Trinajstić information content (AvgIpc) is 3.54. The summed E-state index contributed by atoms with van der Waals surface area (Å²) in [6.07, 6.45) is 1.68. The molecule has 1 spiro atoms. The SMILES string of the molecule is CC1C(=O)N(CC(O)CN2CCC3(CC3)C(O)C2)CCN1C(=O)OCc1ccccc1. The van der Waals surface area contributed by atoms with Crippen molar-refractivity contribution < 1.29 is 24.5 Å². The lowest BCUT2D eigenvalue weighted by Gasteiger charge is -2.40. The van der Waals surface area contributed by atoms with Crippen LogP contribution in [0.4, 0.5) is 4.79 Å². The minimum absolute atomic E-state index is 0.137. The van der Waals surface area contributed by atoms with Crippen molar-refractivity contribution in [3.8, 4) is 0 Å². The number of carbonyl (C=O) groups is 2. The molecule has 2 N–H and O–H groups in total. The van der Waals surface area contributed by atoms with Crippen LogP contribution in [-0.4, -0.2) is 94.4 Å². The van der Waals surface area contributed by atoms with E-state index in [0.29, 0.717) is 26.2 Å². The minimum Gasteiger partial charge on any atom is -0.445 e. The highest BCUT2D eigenvalue weighted by Gasteiger charge is 2.51. The van der Waals surface area contributed by atoms with Gasteiger partial charge in [-0.05, 0) is 43.7 Å². The molecule has 2 amide bonds. The number of piperidine rings is 1. The van der Waals surface area contributed by atoms with Crippen LogP contribution >= 0.6 is 0 Å². The fourth-order valence-electron chi connectivity index (χ4n) is 4.76. The Morgan fingerprint density at radius 2 is 1.90 bits per heavy atom. The third kappa shape index (κ3) is 5.02. The van der Waals surface area contributed by atoms with Gasteiger partial charge in [0.15, 0.2) is 0 Å². The van der Waals surface area contributed by atoms with Gasteiger partial charge in [0.2, 0.25) is 5.91 Å². The number of piperazine rings is 1. The third-order valence-corrected chi connectivity index (χ3v) is 7.04. The normalized spacial score (nSPS) is 26.7. The third-order valence-electron chi connectivity index (χ3n) is 7.04. The first-order chi connectivity index (χ1) is 14.9. The maximum atomic E-state index is 12.8. The van der Waals surface area contributed by atoms with Crippen molar-refractivity contribution in [2.45, 2.75) is 51.0 Å². The summed E-state index contributed by atoms with van der Waals surface area (Å²) in [6.45, 7) is 4.73. The average molecular weight is 432 g/mol. The Kier molecular flexibility index (Phi) is 6.50. The first-order valence-corrected chi connectivity index (χ1v) is 11.2. The molecule has 3 atom stereocenters. The number of carbonyl (C=O) groups excluding carboxylic acids is 2. The van der Waals surface area contributed by atoms with Crippen LogP contribution in [0.5, 0.6) is 0 Å². The van der Waals surface area contributed by atoms with Crippen LogP contribution in [0.1, 0.15) is 31.7 Å². The number of aliphatic hydroxyl groups excluding tert-OH is 2. The fraction of sp³-hybridized carbons (Fsp3) is 0.652. The van der Waals surface area contributed by atoms with Crippen LogP contribution < -0.4 is 0 Å². The molecule has 2 heterocycles. The molecule has 1 aromatic carbocycles. The number of benzene rings is 1. The number of hydrogen-bond donors (Lipinski definition) is 2. The molecule has 8 nitrogen and oxygen atoms in total. The lowest BCUT2D eigenvalue weighted by atomic mass is 9.90. The van der Waals surface area contributed by atoms with Crippen molar-refractivity contribution in [1.82, 2.24) is 14.7 Å². The highest BCUT2D eigenvalue weighted by Crippen LogP contribution is 2.53. The Morgan fingerprint density at radius 3 is 2.58 bits per heavy atom. The van der Waals surface area contributed by atoms with Crippen LogP contribution in [0.25, 0.3) is 0 Å². The van der Waals surface area contributed by atoms with E-state index in [1.807, 2.05) is 30.3 Å². The molecule has 2 saturated heterocycles. The maximum absolute atomic E-state index is 12.8. The zero-order valence-electron chi connectivity index (χ0n) is 18.2. The Balaban J connectivity index is 1.23. The molecule has 0 aromatic heterocycles. The van der Waals surface area contributed by atoms with Crippen LogP contribution in [-0.2, 0) is 16.1 Å². The number of ether oxygens (including phenoxy) is 1. The lowest BCUT2D eigenvalue weighted by Crippen LogP contribution is -2.59. The molecule has 2 aliphatic heterocycles. The predicted molar refractivity (Wildman–Crippen MR) is 114 cm³/mol. The summed E-state index contributed by atoms with van der Waals surface area (Å²) >= 11 is 0. The van der Waals surface area contributed by atoms with Gasteiger partial charge in [-0.15, -0.1) is 0 Å². The van der Waals surface area contributed by atoms with Gasteiger partial charge in [0.05, 0.1) is 12.2 Å². The molecule has 170 valence electrons. The number of rotatable bonds is 6. The second-order valence-corrected chi connectivity index (χ2v) is 9.24. The highest BCUT2D eigenvalue weighted by molar-refractivity contribution is 5.86. The van der Waals surface area contributed by atoms with Crippen molar-refractivity contribution in [2.75, 3.05) is 39.3 Å². The Labute approximate surface area is 183 Å². The van der Waals surface area contributed by atoms with E-state index in [-0.39, 0.29) is 30.6 Å². The Hall–Kier alpha value is -2.16. The molecule has 3 fully saturated rings. The topological polar surface area (TPSA) is 93.5 Å². The monoisotopic (exact) mass is 431 g/mol. The van der Waals surface area contributed by atoms with Crippen LogP contribution in [0, 0.1) is 5.41 Å². The van der Waals surface area contributed by atoms with Gasteiger partial charge in [0, 0.05) is 32.7 Å². The first kappa shape index (κ1) is 22.0. The predicted octanol–water partition coefficient (Wildman–Crippen LogP) is 1.06. The summed E-state index contributed by atoms with van der Waals surface area (Å²) in [5.41, 5.74) is 1.03. The molecular weight excluding hydrogens is 398 g/mol. The summed E-state index contributed by atoms with van der Waals surface area (Å²) < 4.78 is 5.37. The first-order valence-electron chi connectivity index (χ1n) is 11.2. The second kappa shape index (κ2) is 9.14. The van der Waals surface area contributed by atoms with E-state index < -0.39 is 18.2 Å². The number of β-amino-alcohol motifs (C(OH)–C–C–N with tert-alkyl or cyclic N) is 2. The van der Waals surface area contributed by atoms with Crippen molar-refractivity contribution in [3.63, 3.8) is 0 Å². The van der Waals surface area contributed by atoms with Crippen LogP contribution in [0.3, 0.4) is 0 Å². The smallest absolute Gasteiger partial charge is 0.410 e. The molecule has 31 heavy (non-hydrogen) atoms. The van der Waals surface area contributed by atoms with Crippen LogP contribution in [0.15, 0.2) is 30.3 Å². The van der Waals surface area contributed by atoms with E-state index in [9.17, 15) is 19.8 Å². The maximum Gasteiger partial charge on any atom is 0.410 e. The van der Waals surface area contributed by atoms with E-state index in [1.54, 1.807) is 11.8 Å². The van der Waals surface area contributed by atoms with Gasteiger partial charge in [-0.3, -0.25) is 14.6 Å². The summed E-state index contributed by atoms with van der Waals surface area (Å²) in [7, 11) is 0. The van der Waals surface area contributed by atoms with Crippen molar-refractivity contribution >= 4 is 12.0 Å². The van der Waals surface area contributed by atoms with Gasteiger partial charge >= 0.3 is 6.09 Å². The molecular formula is C23H33N3O5. The van der Waals surface area contributed by atoms with Crippen molar-refractivity contribution in [1.29, 1.82) is 0 Å². The van der Waals surface area contributed by atoms with E-state index in [0.717, 1.165) is 31.4 Å². The standard InChI is InChI=1S/C23H33N3O5/c1-17-21(29)25(11-12-26(17)22(30)31-16-18-5-3-2-4-6-18)14-19(27)13-24-10-9-23(7-8-23)20(28)15-24/h2-6,17,19-20,27-28H,7-16H2,1H3. The number of hydrogen-bond acceptors (Lipinski definition) is 6. The van der Waals surface area contributed by atoms with E-state index in [1.165, 1.54) is 4.90 Å². The molecule has 3 unspecified atom stereocenters. The fourth-order valence-corrected chi connectivity index (χ4v) is 4.76. The number of nitrogens with zero attached hydrogens (tertiary/aromatic N) is 3. The van der Waals surface area contributed by atoms with E-state index >= 15 is 0 Å². The Morgan fingerprint density at radius 1 is 1.16 bits per heavy atom. The lowest BCUT2D eigenvalue weighted by molar-refractivity contribution is -0.142. The molecule has 1 saturated carbocycles. The molecule has 0 radical (unpaired) electrons. The van der Waals surface area contributed by atoms with Gasteiger partial charge in [0.1, 0.15) is 12.6 Å². The molecule has 1 aromatic rings. The summed E-state index contributed by atoms with van der Waals surface area (Å²) in [4.78, 5) is 30.4. The molecule has 4 rings (SSSR count). The second-order valence-electron chi connectivity index (χ2n) is 9.24. The van der Waals surface area contributed by atoms with Crippen LogP contribution in [0.2, 0.25) is 0 Å². The molecule has 0 bridgehead atoms. The van der Waals surface area contributed by atoms with E-state index in [2.05, 4.69) is 4.90 Å². The summed E-state index contributed by atoms with van der Waals surface area (Å²) in [5.74, 6) is -0.183. The van der Waals surface area contributed by atoms with Gasteiger partial charge < -0.3 is 19.8 Å². The van der Waals surface area contributed by atoms with Crippen molar-refractivity contribution in [2.24, 2.45) is 5.41 Å². The van der Waals surface area contributed by atoms with Gasteiger partial charge in [-0.25, -0.2) is 4.79 Å². The van der Waals surface area contributed by atoms with Gasteiger partial charge in [0.25, 0.3) is 0 Å².